The molecule has 0 aromatic rings. The van der Waals surface area contributed by atoms with Crippen LogP contribution in [-0.2, 0) is 4.74 Å². The molecule has 0 unspecified atom stereocenters. The van der Waals surface area contributed by atoms with Crippen LogP contribution < -0.4 is 5.73 Å². The Kier molecular flexibility index (Phi) is 4.96. The molecule has 0 spiro atoms. The molecule has 0 bridgehead atoms. The molecule has 0 saturated heterocycles. The fourth-order valence-electron chi connectivity index (χ4n) is 2.35. The molecular formula is C14H27NOS. The van der Waals surface area contributed by atoms with Crippen molar-refractivity contribution < 1.29 is 4.74 Å². The summed E-state index contributed by atoms with van der Waals surface area (Å²) in [7, 11) is 0. The summed E-state index contributed by atoms with van der Waals surface area (Å²) in [5.74, 6) is 0.509. The molecule has 2 nitrogen and oxygen atoms in total. The van der Waals surface area contributed by atoms with Crippen LogP contribution in [0, 0.1) is 11.3 Å². The Hall–Kier alpha value is -0.150. The fraction of sp³-hybridized carbons (Fsp3) is 0.929. The Morgan fingerprint density at radius 1 is 1.29 bits per heavy atom. The van der Waals surface area contributed by atoms with Gasteiger partial charge >= 0.3 is 0 Å². The van der Waals surface area contributed by atoms with Gasteiger partial charge in [-0.2, -0.15) is 0 Å². The predicted octanol–water partition coefficient (Wildman–Crippen LogP) is 3.67. The number of hydrogen-bond acceptors (Lipinski definition) is 3. The third kappa shape index (κ3) is 3.41. The van der Waals surface area contributed by atoms with Gasteiger partial charge < -0.3 is 10.5 Å². The van der Waals surface area contributed by atoms with Gasteiger partial charge in [0.2, 0.25) is 0 Å². The molecule has 100 valence electrons. The highest BCUT2D eigenvalue weighted by molar-refractivity contribution is 7.80. The quantitative estimate of drug-likeness (QED) is 0.780. The van der Waals surface area contributed by atoms with Crippen LogP contribution in [0.25, 0.3) is 0 Å². The van der Waals surface area contributed by atoms with Gasteiger partial charge in [0, 0.05) is 12.0 Å². The Bertz CT molecular complexity index is 267. The lowest BCUT2D eigenvalue weighted by Crippen LogP contribution is -2.46. The van der Waals surface area contributed by atoms with Gasteiger partial charge in [-0.1, -0.05) is 34.1 Å². The van der Waals surface area contributed by atoms with E-state index in [1.165, 1.54) is 19.3 Å². The number of rotatable bonds is 4. The van der Waals surface area contributed by atoms with Crippen LogP contribution in [0.1, 0.15) is 59.8 Å². The molecule has 0 heterocycles. The van der Waals surface area contributed by atoms with Crippen molar-refractivity contribution in [1.82, 2.24) is 0 Å². The van der Waals surface area contributed by atoms with E-state index in [2.05, 4.69) is 27.7 Å². The molecule has 1 aliphatic rings. The van der Waals surface area contributed by atoms with E-state index in [1.54, 1.807) is 0 Å². The second-order valence-corrected chi connectivity index (χ2v) is 6.63. The summed E-state index contributed by atoms with van der Waals surface area (Å²) in [6, 6.07) is 0. The zero-order valence-electron chi connectivity index (χ0n) is 11.7. The van der Waals surface area contributed by atoms with Gasteiger partial charge in [0.25, 0.3) is 0 Å². The third-order valence-corrected chi connectivity index (χ3v) is 4.75. The van der Waals surface area contributed by atoms with Crippen molar-refractivity contribution in [1.29, 1.82) is 0 Å². The summed E-state index contributed by atoms with van der Waals surface area (Å²) in [4.78, 5) is 0. The highest BCUT2D eigenvalue weighted by Gasteiger charge is 2.40. The van der Waals surface area contributed by atoms with Gasteiger partial charge in [0.15, 0.2) is 5.05 Å². The van der Waals surface area contributed by atoms with Crippen LogP contribution in [0.15, 0.2) is 0 Å². The lowest BCUT2D eigenvalue weighted by molar-refractivity contribution is -0.0287. The topological polar surface area (TPSA) is 35.2 Å². The van der Waals surface area contributed by atoms with Gasteiger partial charge in [0.1, 0.15) is 5.60 Å². The summed E-state index contributed by atoms with van der Waals surface area (Å²) < 4.78 is 6.25. The maximum atomic E-state index is 6.25. The van der Waals surface area contributed by atoms with Crippen LogP contribution in [0.2, 0.25) is 0 Å². The largest absolute Gasteiger partial charge is 0.480 e. The van der Waals surface area contributed by atoms with Crippen molar-refractivity contribution in [3.63, 3.8) is 0 Å². The van der Waals surface area contributed by atoms with Crippen molar-refractivity contribution in [2.75, 3.05) is 6.54 Å². The molecule has 17 heavy (non-hydrogen) atoms. The van der Waals surface area contributed by atoms with Crippen molar-refractivity contribution in [2.24, 2.45) is 17.1 Å². The minimum atomic E-state index is -0.200. The van der Waals surface area contributed by atoms with E-state index in [0.717, 1.165) is 12.8 Å². The van der Waals surface area contributed by atoms with E-state index in [9.17, 15) is 0 Å². The first kappa shape index (κ1) is 14.9. The molecule has 0 aromatic heterocycles. The first-order chi connectivity index (χ1) is 7.84. The Labute approximate surface area is 111 Å². The highest BCUT2D eigenvalue weighted by Crippen LogP contribution is 2.39. The van der Waals surface area contributed by atoms with E-state index in [1.807, 2.05) is 0 Å². The van der Waals surface area contributed by atoms with Crippen LogP contribution in [0.4, 0.5) is 0 Å². The van der Waals surface area contributed by atoms with Gasteiger partial charge in [-0.05, 0) is 43.8 Å². The molecule has 1 aliphatic carbocycles. The molecule has 3 heteroatoms. The summed E-state index contributed by atoms with van der Waals surface area (Å²) >= 11 is 5.46. The smallest absolute Gasteiger partial charge is 0.167 e. The molecule has 0 atom stereocenters. The van der Waals surface area contributed by atoms with Crippen molar-refractivity contribution >= 4 is 17.3 Å². The fourth-order valence-corrected chi connectivity index (χ4v) is 2.60. The van der Waals surface area contributed by atoms with Crippen LogP contribution in [-0.4, -0.2) is 17.2 Å². The third-order valence-electron chi connectivity index (χ3n) is 4.11. The minimum Gasteiger partial charge on any atom is -0.480 e. The summed E-state index contributed by atoms with van der Waals surface area (Å²) in [5.41, 5.74) is 5.52. The molecule has 1 saturated carbocycles. The lowest BCUT2D eigenvalue weighted by atomic mass is 9.76. The average Bonchev–Trinajstić information content (AvgIpc) is 2.30. The van der Waals surface area contributed by atoms with Crippen molar-refractivity contribution in [3.8, 4) is 0 Å². The SMILES string of the molecule is CC(C)C1(OC(=S)C(C)(C)CN)CCCCC1. The van der Waals surface area contributed by atoms with Crippen molar-refractivity contribution in [3.05, 3.63) is 0 Å². The number of ether oxygens (including phenoxy) is 1. The highest BCUT2D eigenvalue weighted by atomic mass is 32.1. The molecule has 1 fully saturated rings. The average molecular weight is 257 g/mol. The lowest BCUT2D eigenvalue weighted by Gasteiger charge is -2.43. The summed E-state index contributed by atoms with van der Waals surface area (Å²) in [5, 5.41) is 0.690. The molecule has 0 aliphatic heterocycles. The first-order valence-corrected chi connectivity index (χ1v) is 7.18. The monoisotopic (exact) mass is 257 g/mol. The number of hydrogen-bond donors (Lipinski definition) is 1. The zero-order valence-corrected chi connectivity index (χ0v) is 12.5. The normalized spacial score (nSPS) is 20.4. The first-order valence-electron chi connectivity index (χ1n) is 6.77. The number of thiocarbonyl (C=S) groups is 1. The Balaban J connectivity index is 2.77. The summed E-state index contributed by atoms with van der Waals surface area (Å²) in [6.45, 7) is 9.14. The van der Waals surface area contributed by atoms with Gasteiger partial charge in [-0.25, -0.2) is 0 Å². The van der Waals surface area contributed by atoms with E-state index < -0.39 is 0 Å². The maximum Gasteiger partial charge on any atom is 0.167 e. The predicted molar refractivity (Wildman–Crippen MR) is 77.2 cm³/mol. The molecule has 0 amide bonds. The Morgan fingerprint density at radius 3 is 2.24 bits per heavy atom. The molecule has 0 radical (unpaired) electrons. The van der Waals surface area contributed by atoms with Crippen LogP contribution >= 0.6 is 12.2 Å². The van der Waals surface area contributed by atoms with Gasteiger partial charge in [-0.3, -0.25) is 0 Å². The van der Waals surface area contributed by atoms with E-state index in [0.29, 0.717) is 17.5 Å². The Morgan fingerprint density at radius 2 is 1.82 bits per heavy atom. The van der Waals surface area contributed by atoms with Gasteiger partial charge in [0.05, 0.1) is 0 Å². The van der Waals surface area contributed by atoms with Crippen molar-refractivity contribution in [2.45, 2.75) is 65.4 Å². The second kappa shape index (κ2) is 5.66. The standard InChI is InChI=1S/C14H27NOS/c1-11(2)14(8-6-5-7-9-14)16-12(17)13(3,4)10-15/h11H,5-10,15H2,1-4H3. The minimum absolute atomic E-state index is 0.0399. The van der Waals surface area contributed by atoms with E-state index in [4.69, 9.17) is 22.7 Å². The van der Waals surface area contributed by atoms with Crippen LogP contribution in [0.3, 0.4) is 0 Å². The van der Waals surface area contributed by atoms with Crippen LogP contribution in [0.5, 0.6) is 0 Å². The zero-order chi connectivity index (χ0) is 13.1. The molecule has 2 N–H and O–H groups in total. The number of nitrogens with two attached hydrogens (primary N) is 1. The summed E-state index contributed by atoms with van der Waals surface area (Å²) in [6.07, 6.45) is 6.09. The molecular weight excluding hydrogens is 230 g/mol. The molecule has 0 aromatic carbocycles. The second-order valence-electron chi connectivity index (χ2n) is 6.26. The van der Waals surface area contributed by atoms with E-state index in [-0.39, 0.29) is 11.0 Å². The van der Waals surface area contributed by atoms with Gasteiger partial charge in [-0.15, -0.1) is 0 Å². The maximum absolute atomic E-state index is 6.25. The van der Waals surface area contributed by atoms with E-state index >= 15 is 0 Å². The molecule has 1 rings (SSSR count).